The van der Waals surface area contributed by atoms with Crippen LogP contribution in [0.5, 0.6) is 0 Å². The van der Waals surface area contributed by atoms with E-state index >= 15 is 0 Å². The van der Waals surface area contributed by atoms with Crippen molar-refractivity contribution in [2.45, 2.75) is 31.8 Å². The molecule has 1 fully saturated rings. The van der Waals surface area contributed by atoms with Crippen molar-refractivity contribution in [2.24, 2.45) is 0 Å². The number of halogens is 1. The van der Waals surface area contributed by atoms with E-state index in [1.807, 2.05) is 24.3 Å². The predicted molar refractivity (Wildman–Crippen MR) is 83.0 cm³/mol. The van der Waals surface area contributed by atoms with E-state index in [2.05, 4.69) is 26.3 Å². The van der Waals surface area contributed by atoms with Crippen molar-refractivity contribution in [2.75, 3.05) is 5.32 Å². The average molecular weight is 334 g/mol. The van der Waals surface area contributed by atoms with Gasteiger partial charge in [-0.15, -0.1) is 0 Å². The first-order chi connectivity index (χ1) is 9.70. The largest absolute Gasteiger partial charge is 0.381 e. The summed E-state index contributed by atoms with van der Waals surface area (Å²) in [5, 5.41) is 7.58. The number of anilines is 1. The molecule has 0 unspecified atom stereocenters. The summed E-state index contributed by atoms with van der Waals surface area (Å²) < 4.78 is 2.49. The Labute approximate surface area is 126 Å². The van der Waals surface area contributed by atoms with Crippen LogP contribution in [0.1, 0.15) is 24.8 Å². The molecule has 3 rings (SSSR count). The van der Waals surface area contributed by atoms with E-state index in [1.165, 1.54) is 23.9 Å². The summed E-state index contributed by atoms with van der Waals surface area (Å²) in [6.45, 7) is 0.488. The van der Waals surface area contributed by atoms with Crippen LogP contribution in [-0.4, -0.2) is 15.8 Å². The van der Waals surface area contributed by atoms with Gasteiger partial charge in [-0.05, 0) is 37.0 Å². The molecule has 0 bridgehead atoms. The van der Waals surface area contributed by atoms with E-state index in [1.54, 1.807) is 12.3 Å². The minimum atomic E-state index is -0.0747. The summed E-state index contributed by atoms with van der Waals surface area (Å²) in [4.78, 5) is 12.1. The smallest absolute Gasteiger partial charge is 0.269 e. The molecule has 0 aliphatic heterocycles. The van der Waals surface area contributed by atoms with E-state index < -0.39 is 0 Å². The van der Waals surface area contributed by atoms with E-state index in [0.717, 1.165) is 15.7 Å². The molecule has 0 saturated heterocycles. The molecule has 0 atom stereocenters. The lowest BCUT2D eigenvalue weighted by molar-refractivity contribution is 0.445. The molecular formula is C15H16BrN3O. The van der Waals surface area contributed by atoms with Gasteiger partial charge >= 0.3 is 0 Å². The van der Waals surface area contributed by atoms with Gasteiger partial charge < -0.3 is 5.32 Å². The number of rotatable bonds is 4. The molecule has 1 saturated carbocycles. The first kappa shape index (κ1) is 13.4. The van der Waals surface area contributed by atoms with Gasteiger partial charge in [0.05, 0.1) is 18.4 Å². The van der Waals surface area contributed by atoms with E-state index in [-0.39, 0.29) is 5.56 Å². The molecule has 0 amide bonds. The monoisotopic (exact) mass is 333 g/mol. The molecule has 1 aromatic carbocycles. The lowest BCUT2D eigenvalue weighted by Crippen LogP contribution is -2.29. The molecule has 0 radical (unpaired) electrons. The number of benzene rings is 1. The molecule has 1 aliphatic carbocycles. The van der Waals surface area contributed by atoms with Crippen molar-refractivity contribution in [3.05, 3.63) is 56.9 Å². The molecule has 20 heavy (non-hydrogen) atoms. The van der Waals surface area contributed by atoms with Crippen LogP contribution in [0, 0.1) is 0 Å². The van der Waals surface area contributed by atoms with Gasteiger partial charge in [0.1, 0.15) is 0 Å². The van der Waals surface area contributed by atoms with Crippen molar-refractivity contribution in [1.82, 2.24) is 9.78 Å². The standard InChI is InChI=1S/C15H16BrN3O/c16-12-4-1-3-11(7-12)10-19-15(20)8-14(9-17-19)18-13-5-2-6-13/h1,3-4,7-9,13,18H,2,5-6,10H2. The van der Waals surface area contributed by atoms with Crippen LogP contribution in [0.3, 0.4) is 0 Å². The highest BCUT2D eigenvalue weighted by Crippen LogP contribution is 2.22. The summed E-state index contributed by atoms with van der Waals surface area (Å²) >= 11 is 3.43. The van der Waals surface area contributed by atoms with Crippen molar-refractivity contribution in [3.63, 3.8) is 0 Å². The topological polar surface area (TPSA) is 46.9 Å². The zero-order valence-electron chi connectivity index (χ0n) is 11.1. The average Bonchev–Trinajstić information content (AvgIpc) is 2.37. The van der Waals surface area contributed by atoms with Gasteiger partial charge in [0.2, 0.25) is 0 Å². The third-order valence-electron chi connectivity index (χ3n) is 3.57. The third kappa shape index (κ3) is 3.10. The van der Waals surface area contributed by atoms with Crippen LogP contribution >= 0.6 is 15.9 Å². The fourth-order valence-electron chi connectivity index (χ4n) is 2.23. The maximum Gasteiger partial charge on any atom is 0.269 e. The molecule has 1 aliphatic rings. The fourth-order valence-corrected chi connectivity index (χ4v) is 2.67. The van der Waals surface area contributed by atoms with Crippen LogP contribution in [0.4, 0.5) is 5.69 Å². The second-order valence-electron chi connectivity index (χ2n) is 5.14. The maximum absolute atomic E-state index is 12.1. The Morgan fingerprint density at radius 1 is 1.35 bits per heavy atom. The Morgan fingerprint density at radius 3 is 2.85 bits per heavy atom. The lowest BCUT2D eigenvalue weighted by atomic mass is 9.93. The Morgan fingerprint density at radius 2 is 2.20 bits per heavy atom. The van der Waals surface area contributed by atoms with Crippen molar-refractivity contribution >= 4 is 21.6 Å². The van der Waals surface area contributed by atoms with Gasteiger partial charge in [0.25, 0.3) is 5.56 Å². The number of hydrogen-bond donors (Lipinski definition) is 1. The zero-order chi connectivity index (χ0) is 13.9. The van der Waals surface area contributed by atoms with Crippen LogP contribution in [-0.2, 0) is 6.54 Å². The van der Waals surface area contributed by atoms with Gasteiger partial charge in [-0.25, -0.2) is 4.68 Å². The number of aromatic nitrogens is 2. The Bertz CT molecular complexity index is 664. The highest BCUT2D eigenvalue weighted by molar-refractivity contribution is 9.10. The highest BCUT2D eigenvalue weighted by Gasteiger charge is 2.17. The van der Waals surface area contributed by atoms with Gasteiger partial charge in [0, 0.05) is 16.6 Å². The van der Waals surface area contributed by atoms with Crippen molar-refractivity contribution in [1.29, 1.82) is 0 Å². The van der Waals surface area contributed by atoms with Crippen LogP contribution < -0.4 is 10.9 Å². The first-order valence-corrected chi connectivity index (χ1v) is 7.58. The fraction of sp³-hybridized carbons (Fsp3) is 0.333. The van der Waals surface area contributed by atoms with Crippen molar-refractivity contribution in [3.8, 4) is 0 Å². The number of nitrogens with one attached hydrogen (secondary N) is 1. The molecular weight excluding hydrogens is 318 g/mol. The number of hydrogen-bond acceptors (Lipinski definition) is 3. The van der Waals surface area contributed by atoms with Gasteiger partial charge in [0.15, 0.2) is 0 Å². The van der Waals surface area contributed by atoms with Crippen LogP contribution in [0.2, 0.25) is 0 Å². The normalized spacial score (nSPS) is 14.8. The van der Waals surface area contributed by atoms with Gasteiger partial charge in [-0.3, -0.25) is 4.79 Å². The molecule has 4 nitrogen and oxygen atoms in total. The van der Waals surface area contributed by atoms with E-state index in [0.29, 0.717) is 12.6 Å². The SMILES string of the molecule is O=c1cc(NC2CCC2)cnn1Cc1cccc(Br)c1. The zero-order valence-corrected chi connectivity index (χ0v) is 12.6. The quantitative estimate of drug-likeness (QED) is 0.935. The van der Waals surface area contributed by atoms with E-state index in [9.17, 15) is 4.79 Å². The predicted octanol–water partition coefficient (Wildman–Crippen LogP) is 3.02. The Balaban J connectivity index is 1.75. The Kier molecular flexibility index (Phi) is 3.87. The second-order valence-corrected chi connectivity index (χ2v) is 6.06. The molecule has 2 aromatic rings. The molecule has 0 spiro atoms. The minimum Gasteiger partial charge on any atom is -0.381 e. The molecule has 1 heterocycles. The molecule has 104 valence electrons. The summed E-state index contributed by atoms with van der Waals surface area (Å²) in [7, 11) is 0. The van der Waals surface area contributed by atoms with Gasteiger partial charge in [-0.2, -0.15) is 5.10 Å². The summed E-state index contributed by atoms with van der Waals surface area (Å²) in [5.41, 5.74) is 1.80. The Hall–Kier alpha value is -1.62. The van der Waals surface area contributed by atoms with Crippen molar-refractivity contribution < 1.29 is 0 Å². The highest BCUT2D eigenvalue weighted by atomic mass is 79.9. The summed E-state index contributed by atoms with van der Waals surface area (Å²) in [6, 6.07) is 10.0. The van der Waals surface area contributed by atoms with Gasteiger partial charge in [-0.1, -0.05) is 28.1 Å². The third-order valence-corrected chi connectivity index (χ3v) is 4.06. The molecule has 5 heteroatoms. The minimum absolute atomic E-state index is 0.0747. The van der Waals surface area contributed by atoms with Crippen LogP contribution in [0.15, 0.2) is 45.8 Å². The summed E-state index contributed by atoms with van der Waals surface area (Å²) in [5.74, 6) is 0. The summed E-state index contributed by atoms with van der Waals surface area (Å²) in [6.07, 6.45) is 5.37. The maximum atomic E-state index is 12.1. The molecule has 1 aromatic heterocycles. The first-order valence-electron chi connectivity index (χ1n) is 6.79. The number of nitrogens with zero attached hydrogens (tertiary/aromatic N) is 2. The van der Waals surface area contributed by atoms with E-state index in [4.69, 9.17) is 0 Å². The molecule has 1 N–H and O–H groups in total. The lowest BCUT2D eigenvalue weighted by Gasteiger charge is -2.27. The second kappa shape index (κ2) is 5.79. The van der Waals surface area contributed by atoms with Crippen LogP contribution in [0.25, 0.3) is 0 Å².